The van der Waals surface area contributed by atoms with Gasteiger partial charge in [0.05, 0.1) is 18.9 Å². The number of anilines is 1. The van der Waals surface area contributed by atoms with Gasteiger partial charge in [-0.1, -0.05) is 0 Å². The Morgan fingerprint density at radius 1 is 1.33 bits per heavy atom. The number of carbonyl (C=O) groups is 1. The number of rotatable bonds is 7. The monoisotopic (exact) mass is 292 g/mol. The number of hydrogen-bond acceptors (Lipinski definition) is 4. The Morgan fingerprint density at radius 2 is 2.14 bits per heavy atom. The van der Waals surface area contributed by atoms with Crippen LogP contribution in [-0.2, 0) is 4.79 Å². The zero-order valence-electron chi connectivity index (χ0n) is 12.8. The minimum Gasteiger partial charge on any atom is -0.494 e. The molecule has 0 bridgehead atoms. The van der Waals surface area contributed by atoms with E-state index >= 15 is 0 Å². The lowest BCUT2D eigenvalue weighted by molar-refractivity contribution is -0.116. The summed E-state index contributed by atoms with van der Waals surface area (Å²) in [7, 11) is 0. The van der Waals surface area contributed by atoms with Gasteiger partial charge in [0.1, 0.15) is 11.5 Å². The van der Waals surface area contributed by atoms with Crippen LogP contribution in [0.3, 0.4) is 0 Å². The number of hydrogen-bond donors (Lipinski definition) is 2. The van der Waals surface area contributed by atoms with Crippen molar-refractivity contribution in [2.24, 2.45) is 0 Å². The molecule has 0 radical (unpaired) electrons. The van der Waals surface area contributed by atoms with Crippen molar-refractivity contribution in [3.8, 4) is 11.5 Å². The summed E-state index contributed by atoms with van der Waals surface area (Å²) in [5.41, 5.74) is 0.672. The van der Waals surface area contributed by atoms with Gasteiger partial charge in [0.25, 0.3) is 0 Å². The molecular weight excluding hydrogens is 268 g/mol. The summed E-state index contributed by atoms with van der Waals surface area (Å²) in [6, 6.07) is 5.78. The van der Waals surface area contributed by atoms with Gasteiger partial charge >= 0.3 is 0 Å². The van der Waals surface area contributed by atoms with Crippen molar-refractivity contribution in [2.75, 3.05) is 25.1 Å². The Kier molecular flexibility index (Phi) is 5.87. The summed E-state index contributed by atoms with van der Waals surface area (Å²) < 4.78 is 11.0. The van der Waals surface area contributed by atoms with Crippen molar-refractivity contribution in [1.29, 1.82) is 0 Å². The molecule has 0 spiro atoms. The van der Waals surface area contributed by atoms with Crippen LogP contribution in [0.25, 0.3) is 0 Å². The fraction of sp³-hybridized carbons (Fsp3) is 0.562. The Balaban J connectivity index is 2.04. The van der Waals surface area contributed by atoms with Crippen LogP contribution in [0.2, 0.25) is 0 Å². The maximum atomic E-state index is 12.1. The Bertz CT molecular complexity index is 471. The molecule has 116 valence electrons. The predicted octanol–water partition coefficient (Wildman–Crippen LogP) is 2.56. The van der Waals surface area contributed by atoms with E-state index in [2.05, 4.69) is 10.6 Å². The van der Waals surface area contributed by atoms with E-state index in [9.17, 15) is 4.79 Å². The Morgan fingerprint density at radius 3 is 2.81 bits per heavy atom. The SMILES string of the molecule is CCOc1ccc(OCC)c(NC(=O)CC2CCCN2)c1. The van der Waals surface area contributed by atoms with Crippen LogP contribution in [0, 0.1) is 0 Å². The summed E-state index contributed by atoms with van der Waals surface area (Å²) in [6.07, 6.45) is 2.69. The van der Waals surface area contributed by atoms with Gasteiger partial charge in [-0.2, -0.15) is 0 Å². The van der Waals surface area contributed by atoms with E-state index in [0.717, 1.165) is 25.1 Å². The number of carbonyl (C=O) groups excluding carboxylic acids is 1. The molecule has 5 heteroatoms. The van der Waals surface area contributed by atoms with Gasteiger partial charge in [0.2, 0.25) is 5.91 Å². The highest BCUT2D eigenvalue weighted by Gasteiger charge is 2.18. The third-order valence-corrected chi connectivity index (χ3v) is 3.43. The Hall–Kier alpha value is -1.75. The zero-order valence-corrected chi connectivity index (χ0v) is 12.8. The normalized spacial score (nSPS) is 17.5. The van der Waals surface area contributed by atoms with Crippen LogP contribution in [-0.4, -0.2) is 31.7 Å². The smallest absolute Gasteiger partial charge is 0.226 e. The molecule has 0 saturated carbocycles. The van der Waals surface area contributed by atoms with Crippen molar-refractivity contribution in [2.45, 2.75) is 39.2 Å². The first kappa shape index (κ1) is 15.6. The first-order valence-electron chi connectivity index (χ1n) is 7.65. The summed E-state index contributed by atoms with van der Waals surface area (Å²) >= 11 is 0. The van der Waals surface area contributed by atoms with Gasteiger partial charge in [-0.3, -0.25) is 4.79 Å². The number of nitrogens with one attached hydrogen (secondary N) is 2. The molecule has 2 N–H and O–H groups in total. The van der Waals surface area contributed by atoms with E-state index in [-0.39, 0.29) is 11.9 Å². The van der Waals surface area contributed by atoms with E-state index in [4.69, 9.17) is 9.47 Å². The second kappa shape index (κ2) is 7.88. The van der Waals surface area contributed by atoms with Crippen LogP contribution in [0.15, 0.2) is 18.2 Å². The number of ether oxygens (including phenoxy) is 2. The largest absolute Gasteiger partial charge is 0.494 e. The average molecular weight is 292 g/mol. The average Bonchev–Trinajstić information content (AvgIpc) is 2.95. The van der Waals surface area contributed by atoms with Gasteiger partial charge in [0, 0.05) is 18.5 Å². The van der Waals surface area contributed by atoms with Crippen LogP contribution in [0.5, 0.6) is 11.5 Å². The number of benzene rings is 1. The standard InChI is InChI=1S/C16H24N2O3/c1-3-20-13-7-8-15(21-4-2)14(11-13)18-16(19)10-12-6-5-9-17-12/h7-8,11-12,17H,3-6,9-10H2,1-2H3,(H,18,19). The summed E-state index contributed by atoms with van der Waals surface area (Å²) in [5, 5.41) is 6.27. The second-order valence-electron chi connectivity index (χ2n) is 5.07. The van der Waals surface area contributed by atoms with Gasteiger partial charge in [0.15, 0.2) is 0 Å². The van der Waals surface area contributed by atoms with Crippen molar-refractivity contribution >= 4 is 11.6 Å². The van der Waals surface area contributed by atoms with E-state index < -0.39 is 0 Å². The molecule has 1 saturated heterocycles. The number of amides is 1. The lowest BCUT2D eigenvalue weighted by Gasteiger charge is -2.15. The molecule has 1 amide bonds. The van der Waals surface area contributed by atoms with E-state index in [1.807, 2.05) is 32.0 Å². The highest BCUT2D eigenvalue weighted by atomic mass is 16.5. The highest BCUT2D eigenvalue weighted by molar-refractivity contribution is 5.93. The molecule has 1 aliphatic rings. The van der Waals surface area contributed by atoms with Crippen molar-refractivity contribution < 1.29 is 14.3 Å². The van der Waals surface area contributed by atoms with Gasteiger partial charge in [-0.15, -0.1) is 0 Å². The summed E-state index contributed by atoms with van der Waals surface area (Å²) in [5.74, 6) is 1.41. The van der Waals surface area contributed by atoms with Crippen molar-refractivity contribution in [3.63, 3.8) is 0 Å². The van der Waals surface area contributed by atoms with Gasteiger partial charge in [-0.05, 0) is 45.4 Å². The van der Waals surface area contributed by atoms with E-state index in [1.54, 1.807) is 0 Å². The maximum absolute atomic E-state index is 12.1. The molecular formula is C16H24N2O3. The van der Waals surface area contributed by atoms with Crippen molar-refractivity contribution in [1.82, 2.24) is 5.32 Å². The fourth-order valence-electron chi connectivity index (χ4n) is 2.50. The van der Waals surface area contributed by atoms with Crippen molar-refractivity contribution in [3.05, 3.63) is 18.2 Å². The topological polar surface area (TPSA) is 59.6 Å². The third-order valence-electron chi connectivity index (χ3n) is 3.43. The minimum atomic E-state index is 0.00371. The lowest BCUT2D eigenvalue weighted by Crippen LogP contribution is -2.27. The quantitative estimate of drug-likeness (QED) is 0.811. The maximum Gasteiger partial charge on any atom is 0.226 e. The summed E-state index contributed by atoms with van der Waals surface area (Å²) in [6.45, 7) is 6.00. The molecule has 1 aromatic rings. The van der Waals surface area contributed by atoms with Crippen LogP contribution >= 0.6 is 0 Å². The summed E-state index contributed by atoms with van der Waals surface area (Å²) in [4.78, 5) is 12.1. The van der Waals surface area contributed by atoms with Gasteiger partial charge in [-0.25, -0.2) is 0 Å². The van der Waals surface area contributed by atoms with Crippen LogP contribution in [0.1, 0.15) is 33.1 Å². The van der Waals surface area contributed by atoms with E-state index in [0.29, 0.717) is 31.1 Å². The highest BCUT2D eigenvalue weighted by Crippen LogP contribution is 2.29. The van der Waals surface area contributed by atoms with Crippen LogP contribution in [0.4, 0.5) is 5.69 Å². The first-order valence-corrected chi connectivity index (χ1v) is 7.65. The molecule has 1 fully saturated rings. The Labute approximate surface area is 126 Å². The molecule has 0 aromatic heterocycles. The lowest BCUT2D eigenvalue weighted by atomic mass is 10.1. The van der Waals surface area contributed by atoms with Gasteiger partial charge < -0.3 is 20.1 Å². The predicted molar refractivity (Wildman–Crippen MR) is 83.1 cm³/mol. The molecule has 1 heterocycles. The third kappa shape index (κ3) is 4.63. The zero-order chi connectivity index (χ0) is 15.1. The van der Waals surface area contributed by atoms with E-state index in [1.165, 1.54) is 0 Å². The molecule has 1 aromatic carbocycles. The molecule has 21 heavy (non-hydrogen) atoms. The first-order chi connectivity index (χ1) is 10.2. The molecule has 5 nitrogen and oxygen atoms in total. The molecule has 0 aliphatic carbocycles. The minimum absolute atomic E-state index is 0.00371. The second-order valence-corrected chi connectivity index (χ2v) is 5.07. The van der Waals surface area contributed by atoms with Crippen LogP contribution < -0.4 is 20.1 Å². The molecule has 1 atom stereocenters. The molecule has 1 aliphatic heterocycles. The molecule has 1 unspecified atom stereocenters. The molecule has 2 rings (SSSR count). The fourth-order valence-corrected chi connectivity index (χ4v) is 2.50.